The summed E-state index contributed by atoms with van der Waals surface area (Å²) in [5.41, 5.74) is 0.00794. The quantitative estimate of drug-likeness (QED) is 0.329. The molecule has 1 amide bonds. The van der Waals surface area contributed by atoms with Gasteiger partial charge in [0.25, 0.3) is 11.6 Å². The number of aryl methyl sites for hydroxylation is 1. The van der Waals surface area contributed by atoms with Crippen molar-refractivity contribution in [2.45, 2.75) is 10.1 Å². The number of carbonyl (C=O) groups is 1. The van der Waals surface area contributed by atoms with Crippen molar-refractivity contribution in [2.75, 3.05) is 13.2 Å². The Morgan fingerprint density at radius 3 is 2.72 bits per heavy atom. The number of nitro benzene ring substituents is 1. The lowest BCUT2D eigenvalue weighted by Crippen LogP contribution is -2.28. The third kappa shape index (κ3) is 5.46. The first kappa shape index (κ1) is 20.6. The van der Waals surface area contributed by atoms with Crippen LogP contribution in [0.2, 0.25) is 5.02 Å². The highest BCUT2D eigenvalue weighted by atomic mass is 35.5. The van der Waals surface area contributed by atoms with Crippen molar-refractivity contribution in [3.63, 3.8) is 0 Å². The number of hydrogen-bond acceptors (Lipinski definition) is 7. The van der Waals surface area contributed by atoms with Crippen LogP contribution in [-0.4, -0.2) is 38.7 Å². The maximum Gasteiger partial charge on any atom is 0.284 e. The van der Waals surface area contributed by atoms with Gasteiger partial charge in [0.05, 0.1) is 16.4 Å². The number of carbonyl (C=O) groups excluding carboxylic acids is 1. The fourth-order valence-electron chi connectivity index (χ4n) is 2.32. The number of nitro groups is 1. The van der Waals surface area contributed by atoms with Crippen molar-refractivity contribution in [1.82, 2.24) is 20.1 Å². The first-order valence-electron chi connectivity index (χ1n) is 8.41. The zero-order chi connectivity index (χ0) is 20.8. The molecule has 1 aromatic heterocycles. The molecule has 0 bridgehead atoms. The van der Waals surface area contributed by atoms with Crippen LogP contribution in [0.25, 0.3) is 0 Å². The summed E-state index contributed by atoms with van der Waals surface area (Å²) in [5, 5.41) is 22.9. The van der Waals surface area contributed by atoms with E-state index in [1.807, 2.05) is 0 Å². The molecule has 0 aliphatic heterocycles. The SMILES string of the molecule is Cn1cnnc1Sc1ccc(C(=O)NCCOc2ccc(Cl)cc2)cc1[N+](=O)[O-]. The van der Waals surface area contributed by atoms with Crippen molar-refractivity contribution in [1.29, 1.82) is 0 Å². The minimum atomic E-state index is -0.529. The number of amides is 1. The zero-order valence-corrected chi connectivity index (χ0v) is 16.8. The lowest BCUT2D eigenvalue weighted by atomic mass is 10.2. The van der Waals surface area contributed by atoms with Gasteiger partial charge in [-0.3, -0.25) is 14.9 Å². The number of hydrogen-bond donors (Lipinski definition) is 1. The minimum Gasteiger partial charge on any atom is -0.492 e. The maximum absolute atomic E-state index is 12.3. The second-order valence-corrected chi connectivity index (χ2v) is 7.27. The summed E-state index contributed by atoms with van der Waals surface area (Å²) in [6, 6.07) is 11.2. The summed E-state index contributed by atoms with van der Waals surface area (Å²) < 4.78 is 7.15. The molecule has 0 unspecified atom stereocenters. The van der Waals surface area contributed by atoms with Crippen molar-refractivity contribution in [3.05, 3.63) is 69.5 Å². The summed E-state index contributed by atoms with van der Waals surface area (Å²) in [6.45, 7) is 0.486. The van der Waals surface area contributed by atoms with E-state index in [-0.39, 0.29) is 24.4 Å². The Morgan fingerprint density at radius 2 is 2.07 bits per heavy atom. The normalized spacial score (nSPS) is 10.6. The summed E-state index contributed by atoms with van der Waals surface area (Å²) in [4.78, 5) is 23.6. The number of aromatic nitrogens is 3. The molecule has 11 heteroatoms. The molecule has 0 aliphatic carbocycles. The molecule has 2 aromatic carbocycles. The zero-order valence-electron chi connectivity index (χ0n) is 15.2. The predicted molar refractivity (Wildman–Crippen MR) is 108 cm³/mol. The van der Waals surface area contributed by atoms with Gasteiger partial charge in [0.1, 0.15) is 18.7 Å². The molecule has 0 radical (unpaired) electrons. The van der Waals surface area contributed by atoms with E-state index >= 15 is 0 Å². The lowest BCUT2D eigenvalue weighted by Gasteiger charge is -2.09. The van der Waals surface area contributed by atoms with E-state index in [0.29, 0.717) is 20.8 Å². The van der Waals surface area contributed by atoms with E-state index in [0.717, 1.165) is 11.8 Å². The van der Waals surface area contributed by atoms with E-state index in [2.05, 4.69) is 15.5 Å². The first-order chi connectivity index (χ1) is 13.9. The summed E-state index contributed by atoms with van der Waals surface area (Å²) in [6.07, 6.45) is 1.50. The Balaban J connectivity index is 1.61. The molecule has 0 aliphatic rings. The van der Waals surface area contributed by atoms with Crippen molar-refractivity contribution in [3.8, 4) is 5.75 Å². The van der Waals surface area contributed by atoms with Crippen LogP contribution in [0.1, 0.15) is 10.4 Å². The molecular weight excluding hydrogens is 418 g/mol. The molecule has 1 heterocycles. The molecular formula is C18H16ClN5O4S. The van der Waals surface area contributed by atoms with Gasteiger partial charge in [-0.05, 0) is 48.2 Å². The molecule has 0 spiro atoms. The second kappa shape index (κ2) is 9.39. The van der Waals surface area contributed by atoms with E-state index in [1.54, 1.807) is 35.9 Å². The van der Waals surface area contributed by atoms with E-state index in [9.17, 15) is 14.9 Å². The molecule has 3 rings (SSSR count). The van der Waals surface area contributed by atoms with Gasteiger partial charge < -0.3 is 14.6 Å². The fourth-order valence-corrected chi connectivity index (χ4v) is 3.29. The Hall–Kier alpha value is -3.11. The Labute approximate surface area is 175 Å². The molecule has 29 heavy (non-hydrogen) atoms. The van der Waals surface area contributed by atoms with Crippen LogP contribution in [0.4, 0.5) is 5.69 Å². The van der Waals surface area contributed by atoms with Crippen LogP contribution >= 0.6 is 23.4 Å². The average Bonchev–Trinajstić information content (AvgIpc) is 3.11. The number of nitrogens with zero attached hydrogens (tertiary/aromatic N) is 4. The standard InChI is InChI=1S/C18H16ClN5O4S/c1-23-11-21-22-18(23)29-16-7-2-12(10-15(16)24(26)27)17(25)20-8-9-28-14-5-3-13(19)4-6-14/h2-7,10-11H,8-9H2,1H3,(H,20,25). The average molecular weight is 434 g/mol. The summed E-state index contributed by atoms with van der Waals surface area (Å²) in [7, 11) is 1.74. The van der Waals surface area contributed by atoms with Gasteiger partial charge in [0.2, 0.25) is 0 Å². The number of halogens is 1. The topological polar surface area (TPSA) is 112 Å². The number of nitrogens with one attached hydrogen (secondary N) is 1. The molecule has 3 aromatic rings. The number of benzene rings is 2. The molecule has 150 valence electrons. The van der Waals surface area contributed by atoms with Gasteiger partial charge in [-0.15, -0.1) is 10.2 Å². The smallest absolute Gasteiger partial charge is 0.284 e. The highest BCUT2D eigenvalue weighted by molar-refractivity contribution is 7.99. The second-order valence-electron chi connectivity index (χ2n) is 5.82. The molecule has 0 saturated heterocycles. The summed E-state index contributed by atoms with van der Waals surface area (Å²) >= 11 is 6.91. The third-order valence-corrected chi connectivity index (χ3v) is 5.13. The Bertz CT molecular complexity index is 1030. The fraction of sp³-hybridized carbons (Fsp3) is 0.167. The number of rotatable bonds is 8. The first-order valence-corrected chi connectivity index (χ1v) is 9.60. The molecule has 1 N–H and O–H groups in total. The third-order valence-electron chi connectivity index (χ3n) is 3.76. The van der Waals surface area contributed by atoms with Crippen molar-refractivity contribution in [2.24, 2.45) is 7.05 Å². The van der Waals surface area contributed by atoms with E-state index < -0.39 is 10.8 Å². The lowest BCUT2D eigenvalue weighted by molar-refractivity contribution is -0.387. The van der Waals surface area contributed by atoms with E-state index in [4.69, 9.17) is 16.3 Å². The van der Waals surface area contributed by atoms with Crippen LogP contribution in [0.5, 0.6) is 5.75 Å². The Kier molecular flexibility index (Phi) is 6.68. The monoisotopic (exact) mass is 433 g/mol. The molecule has 0 saturated carbocycles. The molecule has 0 atom stereocenters. The van der Waals surface area contributed by atoms with Crippen molar-refractivity contribution >= 4 is 35.0 Å². The Morgan fingerprint density at radius 1 is 1.31 bits per heavy atom. The largest absolute Gasteiger partial charge is 0.492 e. The van der Waals surface area contributed by atoms with Gasteiger partial charge in [-0.2, -0.15) is 0 Å². The maximum atomic E-state index is 12.3. The van der Waals surface area contributed by atoms with Gasteiger partial charge in [-0.25, -0.2) is 0 Å². The van der Waals surface area contributed by atoms with Crippen LogP contribution in [0.3, 0.4) is 0 Å². The number of ether oxygens (including phenoxy) is 1. The predicted octanol–water partition coefficient (Wildman–Crippen LogP) is 3.34. The van der Waals surface area contributed by atoms with Crippen LogP contribution in [0.15, 0.2) is 58.8 Å². The van der Waals surface area contributed by atoms with Gasteiger partial charge in [-0.1, -0.05) is 11.6 Å². The van der Waals surface area contributed by atoms with Crippen LogP contribution in [0, 0.1) is 10.1 Å². The van der Waals surface area contributed by atoms with Crippen LogP contribution in [-0.2, 0) is 7.05 Å². The minimum absolute atomic E-state index is 0.178. The highest BCUT2D eigenvalue weighted by Crippen LogP contribution is 2.34. The molecule has 0 fully saturated rings. The van der Waals surface area contributed by atoms with Gasteiger partial charge >= 0.3 is 0 Å². The van der Waals surface area contributed by atoms with Gasteiger partial charge in [0.15, 0.2) is 5.16 Å². The van der Waals surface area contributed by atoms with Gasteiger partial charge in [0, 0.05) is 23.7 Å². The summed E-state index contributed by atoms with van der Waals surface area (Å²) in [5.74, 6) is 0.201. The highest BCUT2D eigenvalue weighted by Gasteiger charge is 2.20. The van der Waals surface area contributed by atoms with E-state index in [1.165, 1.54) is 24.5 Å². The van der Waals surface area contributed by atoms with Crippen molar-refractivity contribution < 1.29 is 14.5 Å². The van der Waals surface area contributed by atoms with Crippen LogP contribution < -0.4 is 10.1 Å². The molecule has 9 nitrogen and oxygen atoms in total.